The maximum Gasteiger partial charge on any atom is 0.238 e. The second-order valence-electron chi connectivity index (χ2n) is 6.17. The monoisotopic (exact) mass is 378 g/mol. The van der Waals surface area contributed by atoms with Gasteiger partial charge in [0.05, 0.1) is 5.56 Å². The van der Waals surface area contributed by atoms with Crippen LogP contribution in [0, 0.1) is 0 Å². The highest BCUT2D eigenvalue weighted by Gasteiger charge is 2.23. The van der Waals surface area contributed by atoms with Crippen molar-refractivity contribution < 1.29 is 29.9 Å². The van der Waals surface area contributed by atoms with Crippen molar-refractivity contribution in [1.82, 2.24) is 0 Å². The van der Waals surface area contributed by atoms with Crippen LogP contribution in [-0.4, -0.2) is 25.5 Å². The van der Waals surface area contributed by atoms with Crippen LogP contribution in [0.2, 0.25) is 0 Å². The number of fused-ring (bicyclic) bond motifs is 1. The zero-order chi connectivity index (χ0) is 20.0. The standard InChI is InChI=1S/C21H14O7/c22-12-7-6-11(8-13(12)23)20-19(27)18(26)17-15(25)9-14(24)16(21(17)28-20)10-4-2-1-3-5-10/h1-9,22-25,27H. The van der Waals surface area contributed by atoms with Crippen LogP contribution in [0.1, 0.15) is 0 Å². The Morgan fingerprint density at radius 1 is 0.679 bits per heavy atom. The normalized spacial score (nSPS) is 11.0. The molecule has 7 heteroatoms. The zero-order valence-electron chi connectivity index (χ0n) is 14.2. The Morgan fingerprint density at radius 2 is 1.39 bits per heavy atom. The van der Waals surface area contributed by atoms with Crippen LogP contribution >= 0.6 is 0 Å². The highest BCUT2D eigenvalue weighted by Crippen LogP contribution is 2.43. The molecule has 1 heterocycles. The molecule has 4 rings (SSSR count). The van der Waals surface area contributed by atoms with Gasteiger partial charge in [-0.2, -0.15) is 0 Å². The Balaban J connectivity index is 2.14. The van der Waals surface area contributed by atoms with Crippen LogP contribution < -0.4 is 5.43 Å². The van der Waals surface area contributed by atoms with Crippen molar-refractivity contribution in [3.8, 4) is 51.2 Å². The molecule has 140 valence electrons. The predicted octanol–water partition coefficient (Wildman–Crippen LogP) is 3.66. The van der Waals surface area contributed by atoms with Gasteiger partial charge in [0.25, 0.3) is 0 Å². The molecule has 0 aliphatic carbocycles. The molecule has 0 bridgehead atoms. The maximum atomic E-state index is 12.7. The fraction of sp³-hybridized carbons (Fsp3) is 0. The van der Waals surface area contributed by atoms with Gasteiger partial charge in [0, 0.05) is 11.6 Å². The van der Waals surface area contributed by atoms with Crippen molar-refractivity contribution in [2.24, 2.45) is 0 Å². The zero-order valence-corrected chi connectivity index (χ0v) is 14.2. The van der Waals surface area contributed by atoms with E-state index in [1.54, 1.807) is 30.3 Å². The molecule has 7 nitrogen and oxygen atoms in total. The van der Waals surface area contributed by atoms with E-state index in [0.717, 1.165) is 12.1 Å². The van der Waals surface area contributed by atoms with Crippen LogP contribution in [0.3, 0.4) is 0 Å². The van der Waals surface area contributed by atoms with Gasteiger partial charge in [-0.3, -0.25) is 4.79 Å². The Kier molecular flexibility index (Phi) is 3.85. The number of hydrogen-bond acceptors (Lipinski definition) is 7. The van der Waals surface area contributed by atoms with Gasteiger partial charge >= 0.3 is 0 Å². The summed E-state index contributed by atoms with van der Waals surface area (Å²) in [5, 5.41) is 49.8. The molecule has 1 aromatic heterocycles. The summed E-state index contributed by atoms with van der Waals surface area (Å²) in [6.45, 7) is 0. The predicted molar refractivity (Wildman–Crippen MR) is 102 cm³/mol. The number of rotatable bonds is 2. The molecular formula is C21H14O7. The third-order valence-corrected chi connectivity index (χ3v) is 4.40. The van der Waals surface area contributed by atoms with Crippen molar-refractivity contribution >= 4 is 11.0 Å². The van der Waals surface area contributed by atoms with Gasteiger partial charge in [-0.25, -0.2) is 0 Å². The van der Waals surface area contributed by atoms with Crippen molar-refractivity contribution in [1.29, 1.82) is 0 Å². The number of aromatic hydroxyl groups is 5. The molecule has 3 aromatic carbocycles. The van der Waals surface area contributed by atoms with Crippen molar-refractivity contribution in [2.45, 2.75) is 0 Å². The average molecular weight is 378 g/mol. The highest BCUT2D eigenvalue weighted by molar-refractivity contribution is 6.00. The molecule has 0 spiro atoms. The second-order valence-corrected chi connectivity index (χ2v) is 6.17. The topological polar surface area (TPSA) is 131 Å². The van der Waals surface area contributed by atoms with Crippen LogP contribution in [0.15, 0.2) is 63.8 Å². The van der Waals surface area contributed by atoms with Crippen LogP contribution in [0.4, 0.5) is 0 Å². The van der Waals surface area contributed by atoms with E-state index >= 15 is 0 Å². The van der Waals surface area contributed by atoms with Gasteiger partial charge in [0.15, 0.2) is 22.8 Å². The van der Waals surface area contributed by atoms with Gasteiger partial charge in [-0.15, -0.1) is 0 Å². The van der Waals surface area contributed by atoms with Crippen LogP contribution in [0.5, 0.6) is 28.7 Å². The largest absolute Gasteiger partial charge is 0.507 e. The molecule has 4 aromatic rings. The van der Waals surface area contributed by atoms with E-state index < -0.39 is 22.7 Å². The SMILES string of the molecule is O=c1c(O)c(-c2ccc(O)c(O)c2)oc2c(-c3ccccc3)c(O)cc(O)c12. The van der Waals surface area contributed by atoms with Crippen LogP contribution in [0.25, 0.3) is 33.4 Å². The number of benzene rings is 3. The molecule has 0 aliphatic heterocycles. The summed E-state index contributed by atoms with van der Waals surface area (Å²) in [6, 6.07) is 13.2. The minimum Gasteiger partial charge on any atom is -0.507 e. The quantitative estimate of drug-likeness (QED) is 0.336. The third-order valence-electron chi connectivity index (χ3n) is 4.40. The Labute approximate surface area is 157 Å². The molecule has 0 atom stereocenters. The Morgan fingerprint density at radius 3 is 2.07 bits per heavy atom. The number of phenolic OH excluding ortho intramolecular Hbond substituents is 4. The fourth-order valence-electron chi connectivity index (χ4n) is 3.07. The minimum atomic E-state index is -0.904. The smallest absolute Gasteiger partial charge is 0.238 e. The van der Waals surface area contributed by atoms with Crippen LogP contribution in [-0.2, 0) is 0 Å². The first-order valence-corrected chi connectivity index (χ1v) is 8.21. The molecule has 0 fully saturated rings. The first kappa shape index (κ1) is 17.3. The minimum absolute atomic E-state index is 0.119. The molecule has 5 N–H and O–H groups in total. The van der Waals surface area contributed by atoms with E-state index in [4.69, 9.17) is 4.42 Å². The van der Waals surface area contributed by atoms with E-state index in [1.165, 1.54) is 12.1 Å². The Bertz CT molecular complexity index is 1270. The average Bonchev–Trinajstić information content (AvgIpc) is 2.67. The number of phenols is 4. The summed E-state index contributed by atoms with van der Waals surface area (Å²) in [4.78, 5) is 12.7. The maximum absolute atomic E-state index is 12.7. The summed E-state index contributed by atoms with van der Waals surface area (Å²) in [7, 11) is 0. The molecule has 0 amide bonds. The summed E-state index contributed by atoms with van der Waals surface area (Å²) < 4.78 is 5.74. The van der Waals surface area contributed by atoms with E-state index in [2.05, 4.69) is 0 Å². The third kappa shape index (κ3) is 2.57. The lowest BCUT2D eigenvalue weighted by Gasteiger charge is -2.13. The summed E-state index contributed by atoms with van der Waals surface area (Å²) in [6.07, 6.45) is 0. The van der Waals surface area contributed by atoms with E-state index in [-0.39, 0.29) is 39.4 Å². The van der Waals surface area contributed by atoms with Crippen molar-refractivity contribution in [2.75, 3.05) is 0 Å². The van der Waals surface area contributed by atoms with Gasteiger partial charge < -0.3 is 29.9 Å². The summed E-state index contributed by atoms with van der Waals surface area (Å²) in [5.41, 5.74) is -0.228. The number of hydrogen-bond donors (Lipinski definition) is 5. The van der Waals surface area contributed by atoms with Crippen molar-refractivity contribution in [3.63, 3.8) is 0 Å². The van der Waals surface area contributed by atoms with E-state index in [1.807, 2.05) is 0 Å². The molecule has 0 radical (unpaired) electrons. The van der Waals surface area contributed by atoms with Crippen molar-refractivity contribution in [3.05, 3.63) is 64.8 Å². The summed E-state index contributed by atoms with van der Waals surface area (Å²) in [5.74, 6) is -2.78. The molecule has 0 saturated heterocycles. The molecular weight excluding hydrogens is 364 g/mol. The van der Waals surface area contributed by atoms with Gasteiger partial charge in [0.1, 0.15) is 16.9 Å². The first-order chi connectivity index (χ1) is 13.4. The fourth-order valence-corrected chi connectivity index (χ4v) is 3.07. The summed E-state index contributed by atoms with van der Waals surface area (Å²) >= 11 is 0. The highest BCUT2D eigenvalue weighted by atomic mass is 16.4. The first-order valence-electron chi connectivity index (χ1n) is 8.21. The second kappa shape index (κ2) is 6.24. The molecule has 28 heavy (non-hydrogen) atoms. The van der Waals surface area contributed by atoms with Gasteiger partial charge in [-0.05, 0) is 23.8 Å². The lowest BCUT2D eigenvalue weighted by Crippen LogP contribution is -2.04. The van der Waals surface area contributed by atoms with Gasteiger partial charge in [-0.1, -0.05) is 30.3 Å². The molecule has 0 aliphatic rings. The van der Waals surface area contributed by atoms with Gasteiger partial charge in [0.2, 0.25) is 11.2 Å². The Hall–Kier alpha value is -4.13. The molecule has 0 unspecified atom stereocenters. The van der Waals surface area contributed by atoms with E-state index in [0.29, 0.717) is 5.56 Å². The lowest BCUT2D eigenvalue weighted by molar-refractivity contribution is 0.403. The lowest BCUT2D eigenvalue weighted by atomic mass is 10.00. The van der Waals surface area contributed by atoms with E-state index in [9.17, 15) is 30.3 Å². The molecule has 0 saturated carbocycles.